The van der Waals surface area contributed by atoms with Gasteiger partial charge in [0.15, 0.2) is 0 Å². The van der Waals surface area contributed by atoms with Crippen LogP contribution in [0.5, 0.6) is 0 Å². The second kappa shape index (κ2) is 6.93. The lowest BCUT2D eigenvalue weighted by Gasteiger charge is -2.18. The molecule has 0 spiro atoms. The standard InChI is InChI=1S/C15H18N6O2S/c1-20(2)7-6-17-14-12-9-11(24(22)23)3-4-13(12)18-15(19-14)21-8-5-16-10-21/h3-5,8,10H,6-7,9H2,1-2H3,(H,17,18,19). The van der Waals surface area contributed by atoms with Crippen molar-refractivity contribution in [3.63, 3.8) is 0 Å². The first kappa shape index (κ1) is 16.3. The molecule has 0 aromatic carbocycles. The maximum absolute atomic E-state index is 11.3. The molecule has 1 aliphatic rings. The van der Waals surface area contributed by atoms with Gasteiger partial charge in [0, 0.05) is 37.5 Å². The van der Waals surface area contributed by atoms with Crippen LogP contribution >= 0.6 is 0 Å². The van der Waals surface area contributed by atoms with Gasteiger partial charge in [-0.25, -0.2) is 9.97 Å². The first-order valence-corrected chi connectivity index (χ1v) is 8.53. The Labute approximate surface area is 141 Å². The van der Waals surface area contributed by atoms with E-state index in [2.05, 4.69) is 25.2 Å². The lowest BCUT2D eigenvalue weighted by Crippen LogP contribution is -2.23. The molecule has 126 valence electrons. The Hall–Kier alpha value is -2.52. The molecule has 24 heavy (non-hydrogen) atoms. The van der Waals surface area contributed by atoms with Crippen LogP contribution in [0.4, 0.5) is 5.82 Å². The van der Waals surface area contributed by atoms with Gasteiger partial charge >= 0.3 is 0 Å². The number of aromatic nitrogens is 4. The van der Waals surface area contributed by atoms with E-state index in [-0.39, 0.29) is 6.42 Å². The Morgan fingerprint density at radius 2 is 2.12 bits per heavy atom. The Morgan fingerprint density at radius 1 is 1.29 bits per heavy atom. The molecule has 8 nitrogen and oxygen atoms in total. The minimum Gasteiger partial charge on any atom is -0.368 e. The van der Waals surface area contributed by atoms with E-state index >= 15 is 0 Å². The molecular weight excluding hydrogens is 328 g/mol. The zero-order valence-corrected chi connectivity index (χ0v) is 14.3. The number of nitrogens with zero attached hydrogens (tertiary/aromatic N) is 5. The van der Waals surface area contributed by atoms with E-state index in [9.17, 15) is 8.42 Å². The summed E-state index contributed by atoms with van der Waals surface area (Å²) >= 11 is 0. The average Bonchev–Trinajstić information content (AvgIpc) is 3.08. The van der Waals surface area contributed by atoms with E-state index in [4.69, 9.17) is 0 Å². The molecule has 0 atom stereocenters. The summed E-state index contributed by atoms with van der Waals surface area (Å²) in [4.78, 5) is 15.5. The number of fused-ring (bicyclic) bond motifs is 1. The third-order valence-electron chi connectivity index (χ3n) is 3.61. The van der Waals surface area contributed by atoms with Crippen molar-refractivity contribution in [2.45, 2.75) is 6.42 Å². The summed E-state index contributed by atoms with van der Waals surface area (Å²) in [7, 11) is 1.74. The highest BCUT2D eigenvalue weighted by molar-refractivity contribution is 7.73. The molecule has 0 bridgehead atoms. The van der Waals surface area contributed by atoms with Crippen molar-refractivity contribution in [3.8, 4) is 5.95 Å². The summed E-state index contributed by atoms with van der Waals surface area (Å²) in [6.45, 7) is 1.53. The fraction of sp³-hybridized carbons (Fsp3) is 0.333. The van der Waals surface area contributed by atoms with Crippen molar-refractivity contribution in [1.82, 2.24) is 24.4 Å². The maximum atomic E-state index is 11.3. The maximum Gasteiger partial charge on any atom is 0.237 e. The fourth-order valence-corrected chi connectivity index (χ4v) is 2.80. The van der Waals surface area contributed by atoms with Crippen molar-refractivity contribution in [3.05, 3.63) is 36.1 Å². The Morgan fingerprint density at radius 3 is 2.79 bits per heavy atom. The van der Waals surface area contributed by atoms with E-state index < -0.39 is 10.3 Å². The molecular formula is C15H18N6O2S. The smallest absolute Gasteiger partial charge is 0.237 e. The molecule has 0 saturated carbocycles. The lowest BCUT2D eigenvalue weighted by atomic mass is 10.0. The van der Waals surface area contributed by atoms with Gasteiger partial charge in [-0.3, -0.25) is 4.57 Å². The number of hydrogen-bond donors (Lipinski definition) is 1. The van der Waals surface area contributed by atoms with Gasteiger partial charge in [0.25, 0.3) is 0 Å². The fourth-order valence-electron chi connectivity index (χ4n) is 2.36. The molecule has 0 fully saturated rings. The molecule has 2 aromatic rings. The third kappa shape index (κ3) is 3.52. The number of allylic oxidation sites excluding steroid dienone is 1. The Balaban J connectivity index is 2.02. The zero-order valence-electron chi connectivity index (χ0n) is 13.5. The largest absolute Gasteiger partial charge is 0.368 e. The first-order chi connectivity index (χ1) is 11.5. The highest BCUT2D eigenvalue weighted by Crippen LogP contribution is 2.24. The predicted molar refractivity (Wildman–Crippen MR) is 92.9 cm³/mol. The van der Waals surface area contributed by atoms with Crippen molar-refractivity contribution < 1.29 is 8.42 Å². The summed E-state index contributed by atoms with van der Waals surface area (Å²) in [6.07, 6.45) is 8.63. The molecule has 9 heteroatoms. The van der Waals surface area contributed by atoms with Crippen molar-refractivity contribution in [1.29, 1.82) is 0 Å². The molecule has 1 aliphatic carbocycles. The van der Waals surface area contributed by atoms with Crippen LogP contribution in [-0.4, -0.2) is 64.9 Å². The van der Waals surface area contributed by atoms with Crippen molar-refractivity contribution >= 4 is 27.1 Å². The van der Waals surface area contributed by atoms with Crippen LogP contribution in [-0.2, 0) is 16.7 Å². The van der Waals surface area contributed by atoms with Crippen LogP contribution in [0.3, 0.4) is 0 Å². The SMILES string of the molecule is CN(C)CCNc1nc(-n2ccnc2)nc2c1CC(=S(=O)=O)C=C2. The van der Waals surface area contributed by atoms with E-state index in [0.29, 0.717) is 23.2 Å². The van der Waals surface area contributed by atoms with Gasteiger partial charge in [-0.05, 0) is 26.2 Å². The molecule has 0 radical (unpaired) electrons. The van der Waals surface area contributed by atoms with Gasteiger partial charge in [-0.15, -0.1) is 0 Å². The summed E-state index contributed by atoms with van der Waals surface area (Å²) < 4.78 is 24.2. The molecule has 1 N–H and O–H groups in total. The summed E-state index contributed by atoms with van der Waals surface area (Å²) in [5.74, 6) is 1.15. The molecule has 2 aromatic heterocycles. The molecule has 2 heterocycles. The Kier molecular flexibility index (Phi) is 4.72. The minimum atomic E-state index is -2.24. The van der Waals surface area contributed by atoms with Crippen LogP contribution in [0, 0.1) is 0 Å². The average molecular weight is 346 g/mol. The van der Waals surface area contributed by atoms with Gasteiger partial charge in [-0.2, -0.15) is 13.4 Å². The number of imidazole rings is 1. The van der Waals surface area contributed by atoms with Gasteiger partial charge in [0.2, 0.25) is 16.2 Å². The van der Waals surface area contributed by atoms with Crippen LogP contribution < -0.4 is 5.32 Å². The highest BCUT2D eigenvalue weighted by atomic mass is 32.2. The second-order valence-corrected chi connectivity index (χ2v) is 6.64. The summed E-state index contributed by atoms with van der Waals surface area (Å²) in [5, 5.41) is 3.29. The van der Waals surface area contributed by atoms with Crippen LogP contribution in [0.15, 0.2) is 24.8 Å². The molecule has 0 amide bonds. The number of anilines is 1. The van der Waals surface area contributed by atoms with Crippen LogP contribution in [0.1, 0.15) is 11.3 Å². The first-order valence-electron chi connectivity index (χ1n) is 7.45. The number of rotatable bonds is 5. The predicted octanol–water partition coefficient (Wildman–Crippen LogP) is 0.257. The highest BCUT2D eigenvalue weighted by Gasteiger charge is 2.19. The van der Waals surface area contributed by atoms with Crippen molar-refractivity contribution in [2.24, 2.45) is 0 Å². The monoisotopic (exact) mass is 346 g/mol. The minimum absolute atomic E-state index is 0.288. The topological polar surface area (TPSA) is 93.0 Å². The van der Waals surface area contributed by atoms with Gasteiger partial charge in [0.1, 0.15) is 12.1 Å². The van der Waals surface area contributed by atoms with Crippen LogP contribution in [0.2, 0.25) is 0 Å². The van der Waals surface area contributed by atoms with E-state index in [1.165, 1.54) is 0 Å². The molecule has 0 unspecified atom stereocenters. The van der Waals surface area contributed by atoms with E-state index in [1.807, 2.05) is 14.1 Å². The lowest BCUT2D eigenvalue weighted by molar-refractivity contribution is 0.425. The molecule has 0 saturated heterocycles. The van der Waals surface area contributed by atoms with Gasteiger partial charge in [0.05, 0.1) is 10.6 Å². The van der Waals surface area contributed by atoms with Gasteiger partial charge in [-0.1, -0.05) is 0 Å². The normalized spacial score (nSPS) is 13.2. The van der Waals surface area contributed by atoms with E-state index in [0.717, 1.165) is 17.8 Å². The summed E-state index contributed by atoms with van der Waals surface area (Å²) in [6, 6.07) is 0. The van der Waals surface area contributed by atoms with Crippen LogP contribution in [0.25, 0.3) is 12.0 Å². The second-order valence-electron chi connectivity index (χ2n) is 5.65. The van der Waals surface area contributed by atoms with Gasteiger partial charge < -0.3 is 10.2 Å². The summed E-state index contributed by atoms with van der Waals surface area (Å²) in [5.41, 5.74) is 1.51. The number of likely N-dealkylation sites (N-methyl/N-ethyl adjacent to an activating group) is 1. The third-order valence-corrected chi connectivity index (χ3v) is 4.31. The number of hydrogen-bond acceptors (Lipinski definition) is 7. The molecule has 3 rings (SSSR count). The zero-order chi connectivity index (χ0) is 17.1. The number of nitrogens with one attached hydrogen (secondary N) is 1. The quantitative estimate of drug-likeness (QED) is 0.776. The molecule has 0 aliphatic heterocycles. The van der Waals surface area contributed by atoms with E-state index in [1.54, 1.807) is 35.4 Å². The van der Waals surface area contributed by atoms with Crippen molar-refractivity contribution in [2.75, 3.05) is 32.5 Å². The Bertz CT molecular complexity index is 892.